The van der Waals surface area contributed by atoms with Crippen LogP contribution in [0.4, 0.5) is 0 Å². The first-order valence-corrected chi connectivity index (χ1v) is 6.90. The van der Waals surface area contributed by atoms with Crippen molar-refractivity contribution in [2.75, 3.05) is 7.11 Å². The highest BCUT2D eigenvalue weighted by atomic mass is 32.1. The molecule has 3 aromatic rings. The molecule has 2 aromatic carbocycles. The molecule has 0 unspecified atom stereocenters. The van der Waals surface area contributed by atoms with E-state index >= 15 is 0 Å². The second-order valence-electron chi connectivity index (χ2n) is 4.40. The highest BCUT2D eigenvalue weighted by Gasteiger charge is 2.08. The van der Waals surface area contributed by atoms with Crippen molar-refractivity contribution in [3.8, 4) is 16.2 Å². The number of ether oxygens (including phenoxy) is 1. The first kappa shape index (κ1) is 12.7. The molecular weight excluding hydrogens is 272 g/mol. The SMILES string of the molecule is COc1ccc(-c2cc3ccc(C(=O)O)cc3s2)cc1. The fraction of sp³-hybridized carbons (Fsp3) is 0.0625. The first-order chi connectivity index (χ1) is 9.67. The molecule has 4 heteroatoms. The highest BCUT2D eigenvalue weighted by Crippen LogP contribution is 2.34. The molecule has 1 heterocycles. The highest BCUT2D eigenvalue weighted by molar-refractivity contribution is 7.22. The molecule has 0 radical (unpaired) electrons. The second-order valence-corrected chi connectivity index (χ2v) is 5.48. The minimum absolute atomic E-state index is 0.320. The van der Waals surface area contributed by atoms with Gasteiger partial charge in [-0.05, 0) is 53.4 Å². The van der Waals surface area contributed by atoms with Crippen molar-refractivity contribution >= 4 is 27.4 Å². The summed E-state index contributed by atoms with van der Waals surface area (Å²) in [7, 11) is 1.64. The summed E-state index contributed by atoms with van der Waals surface area (Å²) in [6.07, 6.45) is 0. The average Bonchev–Trinajstić information content (AvgIpc) is 2.90. The zero-order chi connectivity index (χ0) is 14.1. The zero-order valence-electron chi connectivity index (χ0n) is 10.8. The number of carboxylic acid groups (broad SMARTS) is 1. The number of carbonyl (C=O) groups is 1. The van der Waals surface area contributed by atoms with E-state index in [0.717, 1.165) is 26.3 Å². The van der Waals surface area contributed by atoms with Crippen LogP contribution in [-0.4, -0.2) is 18.2 Å². The molecule has 0 fully saturated rings. The van der Waals surface area contributed by atoms with E-state index in [1.165, 1.54) is 0 Å². The molecule has 100 valence electrons. The third kappa shape index (κ3) is 2.26. The molecular formula is C16H12O3S. The molecule has 3 rings (SSSR count). The van der Waals surface area contributed by atoms with Gasteiger partial charge in [0.15, 0.2) is 0 Å². The fourth-order valence-electron chi connectivity index (χ4n) is 2.06. The second kappa shape index (κ2) is 4.98. The smallest absolute Gasteiger partial charge is 0.335 e. The van der Waals surface area contributed by atoms with Crippen LogP contribution in [0, 0.1) is 0 Å². The molecule has 1 N–H and O–H groups in total. The normalized spacial score (nSPS) is 10.7. The number of rotatable bonds is 3. The van der Waals surface area contributed by atoms with Crippen molar-refractivity contribution < 1.29 is 14.6 Å². The number of benzene rings is 2. The van der Waals surface area contributed by atoms with Gasteiger partial charge in [-0.2, -0.15) is 0 Å². The lowest BCUT2D eigenvalue weighted by atomic mass is 10.1. The number of methoxy groups -OCH3 is 1. The lowest BCUT2D eigenvalue weighted by Crippen LogP contribution is -1.94. The summed E-state index contributed by atoms with van der Waals surface area (Å²) in [5.74, 6) is -0.0747. The van der Waals surface area contributed by atoms with E-state index in [9.17, 15) is 4.79 Å². The quantitative estimate of drug-likeness (QED) is 0.781. The van der Waals surface area contributed by atoms with E-state index in [2.05, 4.69) is 6.07 Å². The largest absolute Gasteiger partial charge is 0.497 e. The molecule has 0 aliphatic rings. The zero-order valence-corrected chi connectivity index (χ0v) is 11.6. The Morgan fingerprint density at radius 1 is 1.10 bits per heavy atom. The van der Waals surface area contributed by atoms with E-state index in [4.69, 9.17) is 9.84 Å². The maximum absolute atomic E-state index is 11.0. The van der Waals surface area contributed by atoms with E-state index in [1.54, 1.807) is 30.6 Å². The van der Waals surface area contributed by atoms with Gasteiger partial charge in [0.05, 0.1) is 12.7 Å². The Bertz CT molecular complexity index is 772. The fourth-order valence-corrected chi connectivity index (χ4v) is 3.17. The number of aromatic carboxylic acids is 1. The van der Waals surface area contributed by atoms with Crippen LogP contribution < -0.4 is 4.74 Å². The van der Waals surface area contributed by atoms with Gasteiger partial charge < -0.3 is 9.84 Å². The molecule has 0 saturated heterocycles. The van der Waals surface area contributed by atoms with Crippen LogP contribution in [-0.2, 0) is 0 Å². The van der Waals surface area contributed by atoms with Gasteiger partial charge in [0.1, 0.15) is 5.75 Å². The number of fused-ring (bicyclic) bond motifs is 1. The van der Waals surface area contributed by atoms with Gasteiger partial charge in [0.25, 0.3) is 0 Å². The molecule has 0 aliphatic carbocycles. The first-order valence-electron chi connectivity index (χ1n) is 6.09. The Labute approximate surface area is 120 Å². The average molecular weight is 284 g/mol. The molecule has 0 atom stereocenters. The van der Waals surface area contributed by atoms with Gasteiger partial charge in [-0.3, -0.25) is 0 Å². The molecule has 0 spiro atoms. The Morgan fingerprint density at radius 3 is 2.50 bits per heavy atom. The minimum Gasteiger partial charge on any atom is -0.497 e. The summed E-state index contributed by atoms with van der Waals surface area (Å²) in [4.78, 5) is 12.1. The van der Waals surface area contributed by atoms with Crippen molar-refractivity contribution in [3.05, 3.63) is 54.1 Å². The van der Waals surface area contributed by atoms with Gasteiger partial charge in [-0.15, -0.1) is 11.3 Å². The van der Waals surface area contributed by atoms with Crippen LogP contribution in [0.5, 0.6) is 5.75 Å². The van der Waals surface area contributed by atoms with E-state index < -0.39 is 5.97 Å². The summed E-state index contributed by atoms with van der Waals surface area (Å²) in [6, 6.07) is 15.1. The summed E-state index contributed by atoms with van der Waals surface area (Å²) < 4.78 is 6.13. The Balaban J connectivity index is 2.05. The lowest BCUT2D eigenvalue weighted by molar-refractivity contribution is 0.0697. The minimum atomic E-state index is -0.897. The van der Waals surface area contributed by atoms with E-state index in [-0.39, 0.29) is 0 Å². The molecule has 1 aromatic heterocycles. The number of hydrogen-bond donors (Lipinski definition) is 1. The maximum atomic E-state index is 11.0. The topological polar surface area (TPSA) is 46.5 Å². The van der Waals surface area contributed by atoms with Crippen LogP contribution in [0.15, 0.2) is 48.5 Å². The molecule has 0 saturated carbocycles. The van der Waals surface area contributed by atoms with Gasteiger partial charge in [0, 0.05) is 9.58 Å². The van der Waals surface area contributed by atoms with E-state index in [0.29, 0.717) is 5.56 Å². The van der Waals surface area contributed by atoms with Gasteiger partial charge in [0.2, 0.25) is 0 Å². The molecule has 0 bridgehead atoms. The van der Waals surface area contributed by atoms with E-state index in [1.807, 2.05) is 30.3 Å². The predicted molar refractivity (Wildman–Crippen MR) is 80.8 cm³/mol. The van der Waals surface area contributed by atoms with Crippen LogP contribution >= 0.6 is 11.3 Å². The van der Waals surface area contributed by atoms with Gasteiger partial charge >= 0.3 is 5.97 Å². The summed E-state index contributed by atoms with van der Waals surface area (Å²) >= 11 is 1.59. The monoisotopic (exact) mass is 284 g/mol. The predicted octanol–water partition coefficient (Wildman–Crippen LogP) is 4.28. The maximum Gasteiger partial charge on any atom is 0.335 e. The van der Waals surface area contributed by atoms with Crippen LogP contribution in [0.25, 0.3) is 20.5 Å². The third-order valence-electron chi connectivity index (χ3n) is 3.14. The summed E-state index contributed by atoms with van der Waals surface area (Å²) in [5, 5.41) is 10.1. The van der Waals surface area contributed by atoms with Crippen molar-refractivity contribution in [3.63, 3.8) is 0 Å². The summed E-state index contributed by atoms with van der Waals surface area (Å²) in [5.41, 5.74) is 1.42. The summed E-state index contributed by atoms with van der Waals surface area (Å²) in [6.45, 7) is 0. The number of carboxylic acids is 1. The lowest BCUT2D eigenvalue weighted by Gasteiger charge is -2.00. The molecule has 20 heavy (non-hydrogen) atoms. The van der Waals surface area contributed by atoms with Crippen molar-refractivity contribution in [2.24, 2.45) is 0 Å². The van der Waals surface area contributed by atoms with Crippen molar-refractivity contribution in [2.45, 2.75) is 0 Å². The van der Waals surface area contributed by atoms with Crippen LogP contribution in [0.2, 0.25) is 0 Å². The van der Waals surface area contributed by atoms with Gasteiger partial charge in [-0.1, -0.05) is 6.07 Å². The van der Waals surface area contributed by atoms with Crippen molar-refractivity contribution in [1.82, 2.24) is 0 Å². The number of hydrogen-bond acceptors (Lipinski definition) is 3. The van der Waals surface area contributed by atoms with Crippen molar-refractivity contribution in [1.29, 1.82) is 0 Å². The van der Waals surface area contributed by atoms with Crippen LogP contribution in [0.1, 0.15) is 10.4 Å². The number of thiophene rings is 1. The van der Waals surface area contributed by atoms with Gasteiger partial charge in [-0.25, -0.2) is 4.79 Å². The Morgan fingerprint density at radius 2 is 1.85 bits per heavy atom. The Kier molecular flexibility index (Phi) is 3.16. The Hall–Kier alpha value is -2.33. The molecule has 0 aliphatic heterocycles. The van der Waals surface area contributed by atoms with Crippen LogP contribution in [0.3, 0.4) is 0 Å². The third-order valence-corrected chi connectivity index (χ3v) is 4.29. The molecule has 3 nitrogen and oxygen atoms in total. The molecule has 0 amide bonds. The standard InChI is InChI=1S/C16H12O3S/c1-19-13-6-4-10(5-7-13)14-8-11-2-3-12(16(17)18)9-15(11)20-14/h2-9H,1H3,(H,17,18).